The molecule has 2 nitrogen and oxygen atoms in total. The Labute approximate surface area is 167 Å². The molecule has 0 radical (unpaired) electrons. The van der Waals surface area contributed by atoms with E-state index in [1.165, 1.54) is 89.9 Å². The van der Waals surface area contributed by atoms with Crippen LogP contribution < -0.4 is 0 Å². The maximum atomic E-state index is 6.06. The monoisotopic (exact) mass is 386 g/mol. The fourth-order valence-corrected chi connectivity index (χ4v) is 4.52. The van der Waals surface area contributed by atoms with Crippen LogP contribution in [0.4, 0.5) is 0 Å². The highest BCUT2D eigenvalue weighted by Gasteiger charge is 2.24. The van der Waals surface area contributed by atoms with Crippen LogP contribution >= 0.6 is 0 Å². The topological polar surface area (TPSA) is 18.5 Å². The van der Waals surface area contributed by atoms with Crippen LogP contribution in [0.5, 0.6) is 0 Å². The molecule has 1 unspecified atom stereocenters. The van der Waals surface area contributed by atoms with E-state index in [1.54, 1.807) is 0 Å². The maximum absolute atomic E-state index is 6.06. The lowest BCUT2D eigenvalue weighted by Gasteiger charge is -2.23. The van der Waals surface area contributed by atoms with Gasteiger partial charge in [0.2, 0.25) is 0 Å². The number of unbranched alkanes of at least 4 members (excludes halogenated alkanes) is 12. The zero-order valence-electron chi connectivity index (χ0n) is 18.9. The highest BCUT2D eigenvalue weighted by Crippen LogP contribution is 2.14. The molecule has 0 aliphatic rings. The molecular formula is C23H50O2Si. The highest BCUT2D eigenvalue weighted by molar-refractivity contribution is 6.64. The lowest BCUT2D eigenvalue weighted by molar-refractivity contribution is 0.166. The average Bonchev–Trinajstić information content (AvgIpc) is 2.61. The van der Waals surface area contributed by atoms with Crippen LogP contribution in [0.15, 0.2) is 0 Å². The van der Waals surface area contributed by atoms with E-state index in [0.717, 1.165) is 25.6 Å². The normalized spacial score (nSPS) is 13.3. The largest absolute Gasteiger partial charge is 0.395 e. The number of hydrogen-bond donors (Lipinski definition) is 0. The molecule has 0 spiro atoms. The van der Waals surface area contributed by atoms with Gasteiger partial charge in [-0.3, -0.25) is 0 Å². The zero-order chi connectivity index (χ0) is 19.5. The van der Waals surface area contributed by atoms with Crippen molar-refractivity contribution in [1.29, 1.82) is 0 Å². The minimum absolute atomic E-state index is 0.765. The molecule has 0 bridgehead atoms. The fraction of sp³-hybridized carbons (Fsp3) is 1.00. The summed E-state index contributed by atoms with van der Waals surface area (Å²) in [6.07, 6.45) is 20.6. The van der Waals surface area contributed by atoms with Gasteiger partial charge in [-0.1, -0.05) is 104 Å². The summed E-state index contributed by atoms with van der Waals surface area (Å²) in [5.41, 5.74) is 0. The van der Waals surface area contributed by atoms with E-state index in [9.17, 15) is 0 Å². The van der Waals surface area contributed by atoms with Crippen LogP contribution in [0.1, 0.15) is 117 Å². The molecule has 0 aromatic heterocycles. The van der Waals surface area contributed by atoms with Gasteiger partial charge in [0, 0.05) is 13.2 Å². The molecule has 0 aliphatic carbocycles. The summed E-state index contributed by atoms with van der Waals surface area (Å²) >= 11 is 0. The molecule has 26 heavy (non-hydrogen) atoms. The van der Waals surface area contributed by atoms with Gasteiger partial charge < -0.3 is 8.85 Å². The van der Waals surface area contributed by atoms with Gasteiger partial charge in [0.15, 0.2) is 0 Å². The smallest absolute Gasteiger partial charge is 0.331 e. The molecule has 0 fully saturated rings. The van der Waals surface area contributed by atoms with Crippen molar-refractivity contribution in [1.82, 2.24) is 0 Å². The molecule has 1 atom stereocenters. The van der Waals surface area contributed by atoms with E-state index in [2.05, 4.69) is 33.9 Å². The van der Waals surface area contributed by atoms with Crippen molar-refractivity contribution in [2.75, 3.05) is 13.2 Å². The lowest BCUT2D eigenvalue weighted by Crippen LogP contribution is -2.35. The van der Waals surface area contributed by atoms with Gasteiger partial charge in [-0.25, -0.2) is 0 Å². The summed E-state index contributed by atoms with van der Waals surface area (Å²) in [7, 11) is -1.89. The first-order valence-electron chi connectivity index (χ1n) is 11.8. The van der Waals surface area contributed by atoms with Gasteiger partial charge in [-0.05, 0) is 31.9 Å². The van der Waals surface area contributed by atoms with Gasteiger partial charge >= 0.3 is 8.56 Å². The van der Waals surface area contributed by atoms with Gasteiger partial charge in [0.05, 0.1) is 0 Å². The Kier molecular flexibility index (Phi) is 18.6. The summed E-state index contributed by atoms with van der Waals surface area (Å²) in [5, 5.41) is 0. The minimum atomic E-state index is -1.89. The molecule has 0 saturated heterocycles. The molecule has 0 aliphatic heterocycles. The molecule has 0 heterocycles. The third-order valence-corrected chi connectivity index (χ3v) is 7.25. The molecule has 0 rings (SSSR count). The summed E-state index contributed by atoms with van der Waals surface area (Å²) in [4.78, 5) is 0. The van der Waals surface area contributed by atoms with Gasteiger partial charge in [0.25, 0.3) is 0 Å². The SMILES string of the molecule is CCCCCCCCCCCCCCCO[Si](C)(C)OCCC(C)CC. The third kappa shape index (κ3) is 18.9. The summed E-state index contributed by atoms with van der Waals surface area (Å²) in [5.74, 6) is 0.765. The molecule has 0 N–H and O–H groups in total. The maximum Gasteiger partial charge on any atom is 0.331 e. The minimum Gasteiger partial charge on any atom is -0.395 e. The van der Waals surface area contributed by atoms with Gasteiger partial charge in [0.1, 0.15) is 0 Å². The second kappa shape index (κ2) is 18.5. The summed E-state index contributed by atoms with van der Waals surface area (Å²) in [6, 6.07) is 0. The van der Waals surface area contributed by atoms with E-state index in [0.29, 0.717) is 0 Å². The molecular weight excluding hydrogens is 336 g/mol. The van der Waals surface area contributed by atoms with Crippen LogP contribution in [-0.4, -0.2) is 21.8 Å². The predicted molar refractivity (Wildman–Crippen MR) is 119 cm³/mol. The molecule has 0 amide bonds. The first-order chi connectivity index (χ1) is 12.5. The van der Waals surface area contributed by atoms with E-state index >= 15 is 0 Å². The van der Waals surface area contributed by atoms with Crippen molar-refractivity contribution in [2.45, 2.75) is 130 Å². The average molecular weight is 387 g/mol. The van der Waals surface area contributed by atoms with Crippen molar-refractivity contribution < 1.29 is 8.85 Å². The molecule has 158 valence electrons. The summed E-state index contributed by atoms with van der Waals surface area (Å²) in [6.45, 7) is 13.0. The number of hydrogen-bond acceptors (Lipinski definition) is 2. The van der Waals surface area contributed by atoms with Crippen molar-refractivity contribution in [3.8, 4) is 0 Å². The zero-order valence-corrected chi connectivity index (χ0v) is 19.9. The van der Waals surface area contributed by atoms with E-state index in [1.807, 2.05) is 0 Å². The fourth-order valence-electron chi connectivity index (χ4n) is 3.19. The van der Waals surface area contributed by atoms with Gasteiger partial charge in [-0.2, -0.15) is 0 Å². The van der Waals surface area contributed by atoms with Crippen molar-refractivity contribution in [3.63, 3.8) is 0 Å². The van der Waals surface area contributed by atoms with Crippen LogP contribution in [0.2, 0.25) is 13.1 Å². The highest BCUT2D eigenvalue weighted by atomic mass is 28.4. The Balaban J connectivity index is 3.29. The van der Waals surface area contributed by atoms with E-state index in [4.69, 9.17) is 8.85 Å². The van der Waals surface area contributed by atoms with E-state index < -0.39 is 8.56 Å². The van der Waals surface area contributed by atoms with Crippen LogP contribution in [-0.2, 0) is 8.85 Å². The van der Waals surface area contributed by atoms with Crippen molar-refractivity contribution in [2.24, 2.45) is 5.92 Å². The molecule has 0 saturated carbocycles. The Morgan fingerprint density at radius 2 is 1.04 bits per heavy atom. The Bertz CT molecular complexity index is 281. The van der Waals surface area contributed by atoms with Crippen molar-refractivity contribution in [3.05, 3.63) is 0 Å². The lowest BCUT2D eigenvalue weighted by atomic mass is 10.0. The molecule has 0 aromatic rings. The molecule has 3 heteroatoms. The quantitative estimate of drug-likeness (QED) is 0.155. The van der Waals surface area contributed by atoms with Crippen molar-refractivity contribution >= 4 is 8.56 Å². The Morgan fingerprint density at radius 3 is 1.50 bits per heavy atom. The number of rotatable bonds is 20. The first-order valence-corrected chi connectivity index (χ1v) is 14.6. The second-order valence-corrected chi connectivity index (χ2v) is 12.0. The Morgan fingerprint density at radius 1 is 0.615 bits per heavy atom. The first kappa shape index (κ1) is 26.1. The van der Waals surface area contributed by atoms with Crippen LogP contribution in [0, 0.1) is 5.92 Å². The standard InChI is InChI=1S/C23H50O2Si/c1-6-8-9-10-11-12-13-14-15-16-17-18-19-21-24-26(4,5)25-22-20-23(3)7-2/h23H,6-22H2,1-5H3. The van der Waals surface area contributed by atoms with Gasteiger partial charge in [-0.15, -0.1) is 0 Å². The van der Waals surface area contributed by atoms with E-state index in [-0.39, 0.29) is 0 Å². The van der Waals surface area contributed by atoms with Crippen LogP contribution in [0.25, 0.3) is 0 Å². The second-order valence-electron chi connectivity index (χ2n) is 8.64. The third-order valence-electron chi connectivity index (χ3n) is 5.45. The predicted octanol–water partition coefficient (Wildman–Crippen LogP) is 8.25. The Hall–Kier alpha value is 0.137. The summed E-state index contributed by atoms with van der Waals surface area (Å²) < 4.78 is 12.1. The van der Waals surface area contributed by atoms with Crippen LogP contribution in [0.3, 0.4) is 0 Å². The molecule has 0 aromatic carbocycles.